The first-order valence-electron chi connectivity index (χ1n) is 8.23. The van der Waals surface area contributed by atoms with Gasteiger partial charge in [-0.3, -0.25) is 4.79 Å². The van der Waals surface area contributed by atoms with Gasteiger partial charge >= 0.3 is 0 Å². The zero-order valence-corrected chi connectivity index (χ0v) is 16.9. The Labute approximate surface area is 165 Å². The molecule has 5 N–H and O–H groups in total. The Kier molecular flexibility index (Phi) is 9.73. The van der Waals surface area contributed by atoms with E-state index >= 15 is 0 Å². The fourth-order valence-electron chi connectivity index (χ4n) is 2.64. The molecule has 0 spiro atoms. The van der Waals surface area contributed by atoms with E-state index in [9.17, 15) is 13.2 Å². The number of primary sulfonamides is 1. The summed E-state index contributed by atoms with van der Waals surface area (Å²) in [6.45, 7) is 0.435. The fraction of sp³-hybridized carbons (Fsp3) is 0.562. The minimum atomic E-state index is -3.68. The number of thioether (sulfide) groups is 1. The van der Waals surface area contributed by atoms with Gasteiger partial charge in [-0.05, 0) is 49.9 Å². The van der Waals surface area contributed by atoms with Crippen LogP contribution >= 0.6 is 24.2 Å². The van der Waals surface area contributed by atoms with E-state index < -0.39 is 10.0 Å². The number of carbonyl (C=O) groups excluding carboxylic acids is 1. The summed E-state index contributed by atoms with van der Waals surface area (Å²) in [5, 5.41) is 8.08. The third-order valence-electron chi connectivity index (χ3n) is 4.02. The number of nitrogens with one attached hydrogen (secondary N) is 1. The molecule has 0 unspecified atom stereocenters. The molecule has 26 heavy (non-hydrogen) atoms. The number of rotatable bonds is 8. The van der Waals surface area contributed by atoms with Gasteiger partial charge in [0, 0.05) is 17.8 Å². The molecule has 1 aromatic carbocycles. The van der Waals surface area contributed by atoms with Crippen molar-refractivity contribution >= 4 is 40.1 Å². The van der Waals surface area contributed by atoms with E-state index in [-0.39, 0.29) is 35.3 Å². The lowest BCUT2D eigenvalue weighted by Gasteiger charge is -2.26. The monoisotopic (exact) mass is 423 g/mol. The maximum Gasteiger partial charge on any atom is 0.238 e. The highest BCUT2D eigenvalue weighted by Gasteiger charge is 2.19. The molecule has 0 bridgehead atoms. The van der Waals surface area contributed by atoms with Crippen LogP contribution < -0.4 is 20.9 Å². The van der Waals surface area contributed by atoms with E-state index in [1.807, 2.05) is 0 Å². The van der Waals surface area contributed by atoms with Crippen molar-refractivity contribution in [1.82, 2.24) is 5.32 Å². The molecule has 0 atom stereocenters. The van der Waals surface area contributed by atoms with Gasteiger partial charge in [-0.1, -0.05) is 0 Å². The predicted octanol–water partition coefficient (Wildman–Crippen LogP) is 1.25. The second-order valence-electron chi connectivity index (χ2n) is 6.10. The molecule has 1 amide bonds. The Morgan fingerprint density at radius 2 is 1.81 bits per heavy atom. The number of benzene rings is 1. The largest absolute Gasteiger partial charge is 0.493 e. The second kappa shape index (κ2) is 11.0. The highest BCUT2D eigenvalue weighted by molar-refractivity contribution is 7.99. The lowest BCUT2D eigenvalue weighted by molar-refractivity contribution is -0.119. The maximum atomic E-state index is 11.9. The highest BCUT2D eigenvalue weighted by atomic mass is 35.5. The third kappa shape index (κ3) is 8.13. The minimum absolute atomic E-state index is 0. The topological polar surface area (TPSA) is 125 Å². The quantitative estimate of drug-likeness (QED) is 0.540. The van der Waals surface area contributed by atoms with Gasteiger partial charge in [0.15, 0.2) is 0 Å². The molecule has 7 nitrogen and oxygen atoms in total. The van der Waals surface area contributed by atoms with Gasteiger partial charge in [0.2, 0.25) is 15.9 Å². The summed E-state index contributed by atoms with van der Waals surface area (Å²) >= 11 is 1.50. The van der Waals surface area contributed by atoms with Crippen LogP contribution in [0.1, 0.15) is 25.7 Å². The second-order valence-corrected chi connectivity index (χ2v) is 8.76. The van der Waals surface area contributed by atoms with Gasteiger partial charge < -0.3 is 15.8 Å². The Morgan fingerprint density at radius 3 is 2.38 bits per heavy atom. The fourth-order valence-corrected chi connectivity index (χ4v) is 3.77. The van der Waals surface area contributed by atoms with Crippen molar-refractivity contribution in [3.8, 4) is 5.75 Å². The van der Waals surface area contributed by atoms with Gasteiger partial charge in [0.05, 0.1) is 17.3 Å². The summed E-state index contributed by atoms with van der Waals surface area (Å²) in [6.07, 6.45) is 3.84. The highest BCUT2D eigenvalue weighted by Crippen LogP contribution is 2.17. The maximum absolute atomic E-state index is 11.9. The SMILES string of the molecule is Cl.NC1CCC(NC(=O)CSCCOc2ccc(S(N)(=O)=O)cc2)CC1. The average Bonchev–Trinajstić information content (AvgIpc) is 2.56. The van der Waals surface area contributed by atoms with Crippen molar-refractivity contribution in [2.45, 2.75) is 42.7 Å². The molecular weight excluding hydrogens is 398 g/mol. The number of sulfonamides is 1. The van der Waals surface area contributed by atoms with Crippen molar-refractivity contribution in [2.24, 2.45) is 10.9 Å². The standard InChI is InChI=1S/C16H25N3O4S2.ClH/c17-12-1-3-13(4-2-12)19-16(20)11-24-10-9-23-14-5-7-15(8-6-14)25(18,21)22;/h5-8,12-13H,1-4,9-11,17H2,(H,19,20)(H2,18,21,22);1H. The number of hydrogen-bond acceptors (Lipinski definition) is 6. The van der Waals surface area contributed by atoms with Crippen LogP contribution in [0.25, 0.3) is 0 Å². The van der Waals surface area contributed by atoms with Crippen molar-refractivity contribution in [2.75, 3.05) is 18.1 Å². The zero-order chi connectivity index (χ0) is 18.3. The van der Waals surface area contributed by atoms with Crippen LogP contribution in [0.3, 0.4) is 0 Å². The van der Waals surface area contributed by atoms with Crippen molar-refractivity contribution < 1.29 is 17.9 Å². The molecule has 1 aromatic rings. The molecule has 0 radical (unpaired) electrons. The molecule has 1 saturated carbocycles. The van der Waals surface area contributed by atoms with Gasteiger partial charge in [0.25, 0.3) is 0 Å². The molecule has 1 fully saturated rings. The van der Waals surface area contributed by atoms with Crippen LogP contribution in [0.15, 0.2) is 29.2 Å². The molecule has 148 valence electrons. The summed E-state index contributed by atoms with van der Waals surface area (Å²) in [5.41, 5.74) is 5.85. The number of nitrogens with two attached hydrogens (primary N) is 2. The smallest absolute Gasteiger partial charge is 0.238 e. The lowest BCUT2D eigenvalue weighted by Crippen LogP contribution is -2.41. The first-order valence-corrected chi connectivity index (χ1v) is 10.9. The van der Waals surface area contributed by atoms with Gasteiger partial charge in [0.1, 0.15) is 5.75 Å². The molecule has 1 aliphatic carbocycles. The van der Waals surface area contributed by atoms with Gasteiger partial charge in [-0.2, -0.15) is 0 Å². The van der Waals surface area contributed by atoms with Gasteiger partial charge in [-0.15, -0.1) is 24.2 Å². The number of hydrogen-bond donors (Lipinski definition) is 3. The molecule has 10 heteroatoms. The first-order chi connectivity index (χ1) is 11.8. The van der Waals surface area contributed by atoms with Crippen LogP contribution in [-0.4, -0.2) is 44.5 Å². The normalized spacial score (nSPS) is 20.1. The first kappa shape index (κ1) is 23.0. The zero-order valence-electron chi connectivity index (χ0n) is 14.4. The lowest BCUT2D eigenvalue weighted by atomic mass is 9.92. The Morgan fingerprint density at radius 1 is 1.19 bits per heavy atom. The van der Waals surface area contributed by atoms with E-state index in [0.717, 1.165) is 25.7 Å². The molecule has 0 saturated heterocycles. The Hall–Kier alpha value is -1.00. The Bertz CT molecular complexity index is 663. The van der Waals surface area contributed by atoms with Crippen LogP contribution in [-0.2, 0) is 14.8 Å². The average molecular weight is 424 g/mol. The number of amides is 1. The molecule has 1 aliphatic rings. The van der Waals surface area contributed by atoms with Crippen molar-refractivity contribution in [1.29, 1.82) is 0 Å². The summed E-state index contributed by atoms with van der Waals surface area (Å²) in [7, 11) is -3.68. The number of halogens is 1. The van der Waals surface area contributed by atoms with E-state index in [0.29, 0.717) is 23.9 Å². The van der Waals surface area contributed by atoms with E-state index in [4.69, 9.17) is 15.6 Å². The van der Waals surface area contributed by atoms with E-state index in [1.165, 1.54) is 23.9 Å². The number of carbonyl (C=O) groups is 1. The summed E-state index contributed by atoms with van der Waals surface area (Å²) in [6, 6.07) is 6.46. The predicted molar refractivity (Wildman–Crippen MR) is 106 cm³/mol. The Balaban J connectivity index is 0.00000338. The van der Waals surface area contributed by atoms with Crippen LogP contribution in [0.4, 0.5) is 0 Å². The number of ether oxygens (including phenoxy) is 1. The minimum Gasteiger partial charge on any atom is -0.493 e. The summed E-state index contributed by atoms with van der Waals surface area (Å²) in [5.74, 6) is 1.68. The molecule has 0 heterocycles. The van der Waals surface area contributed by atoms with Crippen LogP contribution in [0.2, 0.25) is 0 Å². The van der Waals surface area contributed by atoms with Crippen molar-refractivity contribution in [3.63, 3.8) is 0 Å². The van der Waals surface area contributed by atoms with Crippen molar-refractivity contribution in [3.05, 3.63) is 24.3 Å². The van der Waals surface area contributed by atoms with E-state index in [1.54, 1.807) is 12.1 Å². The van der Waals surface area contributed by atoms with Gasteiger partial charge in [-0.25, -0.2) is 13.6 Å². The third-order valence-corrected chi connectivity index (χ3v) is 5.87. The molecule has 2 rings (SSSR count). The molecule has 0 aliphatic heterocycles. The van der Waals surface area contributed by atoms with Crippen LogP contribution in [0, 0.1) is 0 Å². The van der Waals surface area contributed by atoms with E-state index in [2.05, 4.69) is 5.32 Å². The summed E-state index contributed by atoms with van der Waals surface area (Å²) in [4.78, 5) is 11.9. The molecular formula is C16H26ClN3O4S2. The summed E-state index contributed by atoms with van der Waals surface area (Å²) < 4.78 is 27.8. The van der Waals surface area contributed by atoms with Crippen LogP contribution in [0.5, 0.6) is 5.75 Å². The molecule has 0 aromatic heterocycles.